The SMILES string of the molecule is CCNC(Cc1nccn1C)CC1CCC1. The summed E-state index contributed by atoms with van der Waals surface area (Å²) in [5, 5.41) is 3.59. The molecule has 1 aromatic heterocycles. The van der Waals surface area contributed by atoms with Gasteiger partial charge in [0.2, 0.25) is 0 Å². The molecule has 16 heavy (non-hydrogen) atoms. The molecular formula is C13H23N3. The van der Waals surface area contributed by atoms with Gasteiger partial charge in [0.25, 0.3) is 0 Å². The highest BCUT2D eigenvalue weighted by Gasteiger charge is 2.22. The van der Waals surface area contributed by atoms with Crippen LogP contribution < -0.4 is 5.32 Å². The number of likely N-dealkylation sites (N-methyl/N-ethyl adjacent to an activating group) is 1. The first-order valence-electron chi connectivity index (χ1n) is 6.49. The molecule has 1 N–H and O–H groups in total. The lowest BCUT2D eigenvalue weighted by atomic mass is 9.80. The third-order valence-electron chi connectivity index (χ3n) is 3.69. The number of hydrogen-bond donors (Lipinski definition) is 1. The molecule has 0 radical (unpaired) electrons. The average molecular weight is 221 g/mol. The molecule has 1 aliphatic rings. The summed E-state index contributed by atoms with van der Waals surface area (Å²) in [5.74, 6) is 2.16. The highest BCUT2D eigenvalue weighted by atomic mass is 15.0. The number of aromatic nitrogens is 2. The van der Waals surface area contributed by atoms with Crippen molar-refractivity contribution in [3.63, 3.8) is 0 Å². The van der Waals surface area contributed by atoms with Crippen LogP contribution in [0.5, 0.6) is 0 Å². The van der Waals surface area contributed by atoms with Crippen molar-refractivity contribution in [3.05, 3.63) is 18.2 Å². The van der Waals surface area contributed by atoms with Gasteiger partial charge >= 0.3 is 0 Å². The Balaban J connectivity index is 1.88. The van der Waals surface area contributed by atoms with Crippen molar-refractivity contribution in [1.29, 1.82) is 0 Å². The predicted molar refractivity (Wildman–Crippen MR) is 66.3 cm³/mol. The first kappa shape index (κ1) is 11.6. The van der Waals surface area contributed by atoms with E-state index in [1.807, 2.05) is 12.4 Å². The highest BCUT2D eigenvalue weighted by Crippen LogP contribution is 2.30. The van der Waals surface area contributed by atoms with Crippen molar-refractivity contribution in [2.75, 3.05) is 6.54 Å². The lowest BCUT2D eigenvalue weighted by Crippen LogP contribution is -2.35. The van der Waals surface area contributed by atoms with Crippen LogP contribution in [0.25, 0.3) is 0 Å². The smallest absolute Gasteiger partial charge is 0.109 e. The summed E-state index contributed by atoms with van der Waals surface area (Å²) in [6, 6.07) is 0.608. The molecule has 2 rings (SSSR count). The van der Waals surface area contributed by atoms with Gasteiger partial charge < -0.3 is 9.88 Å². The van der Waals surface area contributed by atoms with E-state index in [-0.39, 0.29) is 0 Å². The van der Waals surface area contributed by atoms with E-state index in [0.29, 0.717) is 6.04 Å². The molecule has 0 aromatic carbocycles. The van der Waals surface area contributed by atoms with Gasteiger partial charge in [0.05, 0.1) is 0 Å². The van der Waals surface area contributed by atoms with Crippen LogP contribution in [0.15, 0.2) is 12.4 Å². The molecule has 0 saturated heterocycles. The molecule has 1 saturated carbocycles. The topological polar surface area (TPSA) is 29.9 Å². The summed E-state index contributed by atoms with van der Waals surface area (Å²) in [6.45, 7) is 3.24. The molecule has 0 spiro atoms. The molecule has 1 unspecified atom stereocenters. The van der Waals surface area contributed by atoms with Crippen molar-refractivity contribution in [1.82, 2.24) is 14.9 Å². The van der Waals surface area contributed by atoms with Gasteiger partial charge in [0.1, 0.15) is 5.82 Å². The van der Waals surface area contributed by atoms with Crippen LogP contribution in [-0.4, -0.2) is 22.1 Å². The molecule has 1 aliphatic carbocycles. The second-order valence-electron chi connectivity index (χ2n) is 4.95. The van der Waals surface area contributed by atoms with Crippen LogP contribution in [0.2, 0.25) is 0 Å². The van der Waals surface area contributed by atoms with Crippen LogP contribution in [0.1, 0.15) is 38.4 Å². The minimum Gasteiger partial charge on any atom is -0.338 e. The molecule has 0 aliphatic heterocycles. The predicted octanol–water partition coefficient (Wildman–Crippen LogP) is 2.13. The molecule has 1 fully saturated rings. The van der Waals surface area contributed by atoms with E-state index < -0.39 is 0 Å². The first-order valence-corrected chi connectivity index (χ1v) is 6.49. The van der Waals surface area contributed by atoms with Crippen LogP contribution in [0.4, 0.5) is 0 Å². The number of rotatable bonds is 6. The van der Waals surface area contributed by atoms with E-state index in [1.165, 1.54) is 31.5 Å². The Morgan fingerprint density at radius 2 is 2.38 bits per heavy atom. The van der Waals surface area contributed by atoms with Crippen molar-refractivity contribution in [3.8, 4) is 0 Å². The second-order valence-corrected chi connectivity index (χ2v) is 4.95. The standard InChI is InChI=1S/C13H23N3/c1-3-14-12(9-11-5-4-6-11)10-13-15-7-8-16(13)2/h7-8,11-12,14H,3-6,9-10H2,1-2H3. The molecule has 3 nitrogen and oxygen atoms in total. The van der Waals surface area contributed by atoms with E-state index >= 15 is 0 Å². The zero-order valence-electron chi connectivity index (χ0n) is 10.4. The Hall–Kier alpha value is -0.830. The maximum Gasteiger partial charge on any atom is 0.109 e. The lowest BCUT2D eigenvalue weighted by Gasteiger charge is -2.30. The summed E-state index contributed by atoms with van der Waals surface area (Å²) >= 11 is 0. The van der Waals surface area contributed by atoms with Crippen molar-refractivity contribution in [2.45, 2.75) is 45.1 Å². The number of nitrogens with zero attached hydrogens (tertiary/aromatic N) is 2. The van der Waals surface area contributed by atoms with Gasteiger partial charge in [0, 0.05) is 31.9 Å². The molecule has 3 heteroatoms. The number of nitrogens with one attached hydrogen (secondary N) is 1. The van der Waals surface area contributed by atoms with Crippen LogP contribution in [0.3, 0.4) is 0 Å². The van der Waals surface area contributed by atoms with Gasteiger partial charge in [-0.2, -0.15) is 0 Å². The molecule has 1 atom stereocenters. The summed E-state index contributed by atoms with van der Waals surface area (Å²) in [4.78, 5) is 4.41. The molecule has 0 bridgehead atoms. The number of aryl methyl sites for hydroxylation is 1. The molecule has 1 heterocycles. The van der Waals surface area contributed by atoms with Crippen molar-refractivity contribution >= 4 is 0 Å². The molecule has 1 aromatic rings. The molecular weight excluding hydrogens is 198 g/mol. The van der Waals surface area contributed by atoms with Gasteiger partial charge in [-0.1, -0.05) is 26.2 Å². The van der Waals surface area contributed by atoms with Crippen molar-refractivity contribution in [2.24, 2.45) is 13.0 Å². The minimum atomic E-state index is 0.608. The van der Waals surface area contributed by atoms with Gasteiger partial charge in [-0.3, -0.25) is 0 Å². The highest BCUT2D eigenvalue weighted by molar-refractivity contribution is 4.95. The van der Waals surface area contributed by atoms with E-state index in [0.717, 1.165) is 18.9 Å². The number of hydrogen-bond acceptors (Lipinski definition) is 2. The minimum absolute atomic E-state index is 0.608. The summed E-state index contributed by atoms with van der Waals surface area (Å²) < 4.78 is 2.13. The first-order chi connectivity index (χ1) is 7.79. The Morgan fingerprint density at radius 3 is 2.88 bits per heavy atom. The second kappa shape index (κ2) is 5.48. The Labute approximate surface area is 98.3 Å². The molecule has 0 amide bonds. The Bertz CT molecular complexity index is 315. The van der Waals surface area contributed by atoms with Gasteiger partial charge in [0.15, 0.2) is 0 Å². The van der Waals surface area contributed by atoms with Crippen molar-refractivity contribution < 1.29 is 0 Å². The lowest BCUT2D eigenvalue weighted by molar-refractivity contribution is 0.258. The van der Waals surface area contributed by atoms with Crippen LogP contribution in [-0.2, 0) is 13.5 Å². The Morgan fingerprint density at radius 1 is 1.56 bits per heavy atom. The quantitative estimate of drug-likeness (QED) is 0.797. The van der Waals surface area contributed by atoms with Crippen LogP contribution in [0, 0.1) is 5.92 Å². The fraction of sp³-hybridized carbons (Fsp3) is 0.769. The monoisotopic (exact) mass is 221 g/mol. The number of imidazole rings is 1. The fourth-order valence-corrected chi connectivity index (χ4v) is 2.47. The van der Waals surface area contributed by atoms with Gasteiger partial charge in [-0.25, -0.2) is 4.98 Å². The maximum absolute atomic E-state index is 4.41. The van der Waals surface area contributed by atoms with Gasteiger partial charge in [-0.05, 0) is 18.9 Å². The summed E-state index contributed by atoms with van der Waals surface area (Å²) in [5.41, 5.74) is 0. The summed E-state index contributed by atoms with van der Waals surface area (Å²) in [6.07, 6.45) is 10.6. The third-order valence-corrected chi connectivity index (χ3v) is 3.69. The maximum atomic E-state index is 4.41. The zero-order valence-corrected chi connectivity index (χ0v) is 10.4. The van der Waals surface area contributed by atoms with E-state index in [2.05, 4.69) is 28.8 Å². The van der Waals surface area contributed by atoms with E-state index in [4.69, 9.17) is 0 Å². The zero-order chi connectivity index (χ0) is 11.4. The molecule has 90 valence electrons. The Kier molecular flexibility index (Phi) is 3.99. The fourth-order valence-electron chi connectivity index (χ4n) is 2.47. The van der Waals surface area contributed by atoms with E-state index in [1.54, 1.807) is 0 Å². The third kappa shape index (κ3) is 2.85. The van der Waals surface area contributed by atoms with Gasteiger partial charge in [-0.15, -0.1) is 0 Å². The average Bonchev–Trinajstić information content (AvgIpc) is 2.58. The van der Waals surface area contributed by atoms with Crippen LogP contribution >= 0.6 is 0 Å². The normalized spacial score (nSPS) is 18.4. The largest absolute Gasteiger partial charge is 0.338 e. The van der Waals surface area contributed by atoms with E-state index in [9.17, 15) is 0 Å². The summed E-state index contributed by atoms with van der Waals surface area (Å²) in [7, 11) is 2.08.